The molecule has 0 saturated heterocycles. The van der Waals surface area contributed by atoms with Crippen molar-refractivity contribution in [2.24, 2.45) is 5.41 Å². The maximum absolute atomic E-state index is 13.0. The monoisotopic (exact) mass is 355 g/mol. The van der Waals surface area contributed by atoms with E-state index in [2.05, 4.69) is 0 Å². The molecule has 0 unspecified atom stereocenters. The lowest BCUT2D eigenvalue weighted by Gasteiger charge is -2.05. The van der Waals surface area contributed by atoms with Crippen LogP contribution < -0.4 is 0 Å². The van der Waals surface area contributed by atoms with Gasteiger partial charge in [-0.25, -0.2) is 8.42 Å². The molecule has 3 rings (SSSR count). The lowest BCUT2D eigenvalue weighted by Crippen LogP contribution is -2.22. The highest BCUT2D eigenvalue weighted by Crippen LogP contribution is 2.63. The summed E-state index contributed by atoms with van der Waals surface area (Å²) in [6, 6.07) is 15.0. The maximum atomic E-state index is 13.0. The third-order valence-electron chi connectivity index (χ3n) is 4.79. The van der Waals surface area contributed by atoms with Crippen LogP contribution in [0.15, 0.2) is 53.4 Å². The number of nitriles is 1. The summed E-state index contributed by atoms with van der Waals surface area (Å²) in [5, 5.41) is 17.9. The lowest BCUT2D eigenvalue weighted by atomic mass is 10.00. The fourth-order valence-corrected chi connectivity index (χ4v) is 5.55. The molecule has 2 aromatic rings. The van der Waals surface area contributed by atoms with Crippen molar-refractivity contribution in [3.63, 3.8) is 0 Å². The van der Waals surface area contributed by atoms with Crippen LogP contribution in [0.1, 0.15) is 22.6 Å². The average Bonchev–Trinajstić information content (AvgIpc) is 3.27. The molecule has 1 aliphatic rings. The Balaban J connectivity index is 2.12. The molecule has 1 aliphatic carbocycles. The van der Waals surface area contributed by atoms with E-state index in [0.29, 0.717) is 5.56 Å². The van der Waals surface area contributed by atoms with Crippen molar-refractivity contribution in [1.82, 2.24) is 0 Å². The van der Waals surface area contributed by atoms with Gasteiger partial charge in [0.2, 0.25) is 0 Å². The maximum Gasteiger partial charge on any atom is 0.326 e. The van der Waals surface area contributed by atoms with Crippen LogP contribution in [0.25, 0.3) is 0 Å². The second-order valence-electron chi connectivity index (χ2n) is 6.45. The van der Waals surface area contributed by atoms with Crippen molar-refractivity contribution in [3.05, 3.63) is 65.2 Å². The van der Waals surface area contributed by atoms with Crippen LogP contribution in [0.4, 0.5) is 0 Å². The van der Waals surface area contributed by atoms with Crippen molar-refractivity contribution < 1.29 is 18.3 Å². The third-order valence-corrected chi connectivity index (χ3v) is 7.03. The van der Waals surface area contributed by atoms with Gasteiger partial charge in [0, 0.05) is 5.92 Å². The minimum atomic E-state index is -3.96. The summed E-state index contributed by atoms with van der Waals surface area (Å²) in [6.07, 6.45) is 0. The second kappa shape index (κ2) is 5.71. The van der Waals surface area contributed by atoms with Gasteiger partial charge in [-0.3, -0.25) is 4.79 Å². The molecular formula is C19H17NO4S. The van der Waals surface area contributed by atoms with E-state index in [1.165, 1.54) is 12.1 Å². The molecule has 1 saturated carbocycles. The van der Waals surface area contributed by atoms with Gasteiger partial charge in [0.1, 0.15) is 5.25 Å². The standard InChI is InChI=1S/C19H17NO4S/c1-12-3-7-14(8-4-12)16-17(19(16,11-20)18(21)22)25(23,24)15-9-5-13(2)6-10-15/h3-10,16-17H,1-2H3,(H,21,22)/t16-,17-,19-/m0/s1. The van der Waals surface area contributed by atoms with Crippen molar-refractivity contribution in [2.75, 3.05) is 0 Å². The van der Waals surface area contributed by atoms with E-state index < -0.39 is 32.4 Å². The first kappa shape index (κ1) is 17.2. The van der Waals surface area contributed by atoms with E-state index in [1.807, 2.05) is 13.8 Å². The molecule has 0 heterocycles. The number of benzene rings is 2. The smallest absolute Gasteiger partial charge is 0.326 e. The van der Waals surface area contributed by atoms with Crippen molar-refractivity contribution in [1.29, 1.82) is 5.26 Å². The molecule has 3 atom stereocenters. The zero-order valence-corrected chi connectivity index (χ0v) is 14.6. The first-order valence-electron chi connectivity index (χ1n) is 7.77. The quantitative estimate of drug-likeness (QED) is 0.910. The molecule has 0 spiro atoms. The normalized spacial score (nSPS) is 25.2. The minimum Gasteiger partial charge on any atom is -0.480 e. The molecule has 0 bridgehead atoms. The number of aliphatic carboxylic acids is 1. The molecule has 25 heavy (non-hydrogen) atoms. The van der Waals surface area contributed by atoms with Crippen LogP contribution in [-0.2, 0) is 14.6 Å². The van der Waals surface area contributed by atoms with E-state index in [1.54, 1.807) is 42.5 Å². The van der Waals surface area contributed by atoms with E-state index in [4.69, 9.17) is 0 Å². The Labute approximate surface area is 146 Å². The van der Waals surface area contributed by atoms with Crippen molar-refractivity contribution >= 4 is 15.8 Å². The molecule has 6 heteroatoms. The lowest BCUT2D eigenvalue weighted by molar-refractivity contribution is -0.141. The minimum absolute atomic E-state index is 0.0404. The largest absolute Gasteiger partial charge is 0.480 e. The van der Waals surface area contributed by atoms with Crippen molar-refractivity contribution in [2.45, 2.75) is 29.9 Å². The number of carboxylic acids is 1. The van der Waals surface area contributed by atoms with Gasteiger partial charge in [0.05, 0.1) is 11.0 Å². The van der Waals surface area contributed by atoms with Gasteiger partial charge >= 0.3 is 5.97 Å². The predicted molar refractivity (Wildman–Crippen MR) is 91.8 cm³/mol. The molecule has 128 valence electrons. The molecule has 1 fully saturated rings. The zero-order chi connectivity index (χ0) is 18.4. The number of hydrogen-bond acceptors (Lipinski definition) is 4. The van der Waals surface area contributed by atoms with Gasteiger partial charge in [-0.05, 0) is 31.5 Å². The average molecular weight is 355 g/mol. The summed E-state index contributed by atoms with van der Waals surface area (Å²) < 4.78 is 26.0. The van der Waals surface area contributed by atoms with Crippen LogP contribution in [0.5, 0.6) is 0 Å². The Hall–Kier alpha value is -2.65. The van der Waals surface area contributed by atoms with E-state index in [0.717, 1.165) is 11.1 Å². The fourth-order valence-electron chi connectivity index (χ4n) is 3.30. The topological polar surface area (TPSA) is 95.2 Å². The molecule has 1 N–H and O–H groups in total. The zero-order valence-electron chi connectivity index (χ0n) is 13.8. The highest BCUT2D eigenvalue weighted by molar-refractivity contribution is 7.92. The Morgan fingerprint density at radius 2 is 1.52 bits per heavy atom. The summed E-state index contributed by atoms with van der Waals surface area (Å²) in [6.45, 7) is 3.71. The number of carboxylic acid groups (broad SMARTS) is 1. The van der Waals surface area contributed by atoms with Crippen LogP contribution in [0.2, 0.25) is 0 Å². The first-order valence-corrected chi connectivity index (χ1v) is 9.31. The molecule has 0 aliphatic heterocycles. The Morgan fingerprint density at radius 3 is 1.96 bits per heavy atom. The molecule has 2 aromatic carbocycles. The number of carbonyl (C=O) groups is 1. The number of hydrogen-bond donors (Lipinski definition) is 1. The van der Waals surface area contributed by atoms with Crippen LogP contribution in [-0.4, -0.2) is 24.7 Å². The number of nitrogens with zero attached hydrogens (tertiary/aromatic N) is 1. The van der Waals surface area contributed by atoms with Gasteiger partial charge in [0.25, 0.3) is 0 Å². The van der Waals surface area contributed by atoms with Gasteiger partial charge in [-0.15, -0.1) is 0 Å². The van der Waals surface area contributed by atoms with Crippen LogP contribution >= 0.6 is 0 Å². The number of rotatable bonds is 4. The van der Waals surface area contributed by atoms with Gasteiger partial charge < -0.3 is 5.11 Å². The highest BCUT2D eigenvalue weighted by atomic mass is 32.2. The fraction of sp³-hybridized carbons (Fsp3) is 0.263. The number of sulfone groups is 1. The van der Waals surface area contributed by atoms with E-state index in [9.17, 15) is 23.6 Å². The molecule has 0 aromatic heterocycles. The summed E-state index contributed by atoms with van der Waals surface area (Å²) >= 11 is 0. The summed E-state index contributed by atoms with van der Waals surface area (Å²) in [5.41, 5.74) is 0.462. The molecule has 0 radical (unpaired) electrons. The summed E-state index contributed by atoms with van der Waals surface area (Å²) in [7, 11) is -3.96. The number of aryl methyl sites for hydroxylation is 2. The molecular weight excluding hydrogens is 338 g/mol. The summed E-state index contributed by atoms with van der Waals surface area (Å²) in [4.78, 5) is 11.9. The Bertz CT molecular complexity index is 972. The molecule has 5 nitrogen and oxygen atoms in total. The highest BCUT2D eigenvalue weighted by Gasteiger charge is 2.77. The summed E-state index contributed by atoms with van der Waals surface area (Å²) in [5.74, 6) is -2.29. The van der Waals surface area contributed by atoms with Gasteiger partial charge in [-0.2, -0.15) is 5.26 Å². The third kappa shape index (κ3) is 2.52. The van der Waals surface area contributed by atoms with E-state index >= 15 is 0 Å². The van der Waals surface area contributed by atoms with Crippen LogP contribution in [0.3, 0.4) is 0 Å². The predicted octanol–water partition coefficient (Wildman–Crippen LogP) is 2.84. The second-order valence-corrected chi connectivity index (χ2v) is 8.52. The molecule has 0 amide bonds. The van der Waals surface area contributed by atoms with Crippen molar-refractivity contribution in [3.8, 4) is 6.07 Å². The Morgan fingerprint density at radius 1 is 1.04 bits per heavy atom. The first-order chi connectivity index (χ1) is 11.7. The van der Waals surface area contributed by atoms with Gasteiger partial charge in [0.15, 0.2) is 15.3 Å². The van der Waals surface area contributed by atoms with Gasteiger partial charge in [-0.1, -0.05) is 47.5 Å². The SMILES string of the molecule is Cc1ccc([C@H]2[C@H](S(=O)(=O)c3ccc(C)cc3)[C@@]2(C#N)C(=O)O)cc1. The van der Waals surface area contributed by atoms with E-state index in [-0.39, 0.29) is 4.90 Å². The van der Waals surface area contributed by atoms with Crippen LogP contribution in [0, 0.1) is 30.6 Å². The Kier molecular flexibility index (Phi) is 3.92.